The van der Waals surface area contributed by atoms with Crippen LogP contribution >= 0.6 is 11.6 Å². The van der Waals surface area contributed by atoms with Gasteiger partial charge in [0.1, 0.15) is 10.6 Å². The maximum Gasteiger partial charge on any atom is 0.265 e. The van der Waals surface area contributed by atoms with Gasteiger partial charge in [-0.1, -0.05) is 43.0 Å². The molecule has 188 valence electrons. The molecule has 0 amide bonds. The van der Waals surface area contributed by atoms with Gasteiger partial charge in [-0.2, -0.15) is 0 Å². The van der Waals surface area contributed by atoms with E-state index < -0.39 is 10.0 Å². The number of aromatic nitrogens is 2. The van der Waals surface area contributed by atoms with Gasteiger partial charge in [0.05, 0.1) is 23.5 Å². The highest BCUT2D eigenvalue weighted by molar-refractivity contribution is 7.92. The largest absolute Gasteiger partial charge is 0.495 e. The van der Waals surface area contributed by atoms with Gasteiger partial charge in [0, 0.05) is 16.8 Å². The number of benzene rings is 2. The molecule has 1 heterocycles. The SMILES string of the molecule is COc1ccc(-c2nc(NC(C)(C)C3CCCCC3)[nH]c2C)cc1S(=O)(=O)Nc1ccccc1Cl. The minimum atomic E-state index is -3.97. The number of hydrogen-bond acceptors (Lipinski definition) is 5. The van der Waals surface area contributed by atoms with Crippen molar-refractivity contribution in [3.8, 4) is 17.0 Å². The van der Waals surface area contributed by atoms with Crippen molar-refractivity contribution in [2.45, 2.75) is 63.3 Å². The normalized spacial score (nSPS) is 15.1. The minimum absolute atomic E-state index is 0.0110. The Labute approximate surface area is 212 Å². The average Bonchev–Trinajstić information content (AvgIpc) is 3.19. The number of methoxy groups -OCH3 is 1. The minimum Gasteiger partial charge on any atom is -0.495 e. The van der Waals surface area contributed by atoms with Gasteiger partial charge in [-0.25, -0.2) is 13.4 Å². The lowest BCUT2D eigenvalue weighted by atomic mass is 9.77. The van der Waals surface area contributed by atoms with Crippen molar-refractivity contribution >= 4 is 33.3 Å². The smallest absolute Gasteiger partial charge is 0.265 e. The predicted octanol–water partition coefficient (Wildman–Crippen LogP) is 6.62. The summed E-state index contributed by atoms with van der Waals surface area (Å²) in [6.07, 6.45) is 6.27. The first-order valence-electron chi connectivity index (χ1n) is 11.9. The second-order valence-corrected chi connectivity index (χ2v) is 11.7. The highest BCUT2D eigenvalue weighted by Gasteiger charge is 2.31. The number of nitrogens with zero attached hydrogens (tertiary/aromatic N) is 1. The summed E-state index contributed by atoms with van der Waals surface area (Å²) in [5.74, 6) is 1.50. The summed E-state index contributed by atoms with van der Waals surface area (Å²) < 4.78 is 34.5. The Kier molecular flexibility index (Phi) is 7.33. The second kappa shape index (κ2) is 10.1. The Bertz CT molecular complexity index is 1300. The number of rotatable bonds is 8. The van der Waals surface area contributed by atoms with Crippen LogP contribution in [0.15, 0.2) is 47.4 Å². The van der Waals surface area contributed by atoms with E-state index in [4.69, 9.17) is 21.3 Å². The Morgan fingerprint density at radius 1 is 1.11 bits per heavy atom. The zero-order valence-corrected chi connectivity index (χ0v) is 22.2. The predicted molar refractivity (Wildman–Crippen MR) is 142 cm³/mol. The van der Waals surface area contributed by atoms with E-state index >= 15 is 0 Å². The van der Waals surface area contributed by atoms with Crippen LogP contribution in [0.5, 0.6) is 5.75 Å². The van der Waals surface area contributed by atoms with E-state index in [1.54, 1.807) is 36.4 Å². The van der Waals surface area contributed by atoms with Crippen LogP contribution in [0.4, 0.5) is 11.6 Å². The van der Waals surface area contributed by atoms with Crippen molar-refractivity contribution in [3.05, 3.63) is 53.2 Å². The van der Waals surface area contributed by atoms with E-state index in [1.165, 1.54) is 39.2 Å². The lowest BCUT2D eigenvalue weighted by molar-refractivity contribution is 0.257. The van der Waals surface area contributed by atoms with Crippen molar-refractivity contribution in [2.75, 3.05) is 17.1 Å². The van der Waals surface area contributed by atoms with E-state index in [9.17, 15) is 8.42 Å². The third-order valence-electron chi connectivity index (χ3n) is 6.80. The van der Waals surface area contributed by atoms with Gasteiger partial charge in [-0.15, -0.1) is 0 Å². The maximum atomic E-state index is 13.3. The summed E-state index contributed by atoms with van der Waals surface area (Å²) in [4.78, 5) is 8.14. The van der Waals surface area contributed by atoms with Gasteiger partial charge in [0.15, 0.2) is 0 Å². The molecular weight excluding hydrogens is 484 g/mol. The van der Waals surface area contributed by atoms with Gasteiger partial charge in [0.2, 0.25) is 5.95 Å². The molecule has 35 heavy (non-hydrogen) atoms. The Morgan fingerprint density at radius 3 is 2.51 bits per heavy atom. The van der Waals surface area contributed by atoms with Crippen molar-refractivity contribution in [1.29, 1.82) is 0 Å². The van der Waals surface area contributed by atoms with E-state index in [2.05, 4.69) is 28.9 Å². The van der Waals surface area contributed by atoms with Gasteiger partial charge >= 0.3 is 0 Å². The van der Waals surface area contributed by atoms with Gasteiger partial charge in [-0.3, -0.25) is 4.72 Å². The summed E-state index contributed by atoms with van der Waals surface area (Å²) in [5, 5.41) is 3.90. The first kappa shape index (κ1) is 25.4. The molecule has 0 unspecified atom stereocenters. The van der Waals surface area contributed by atoms with Gasteiger partial charge in [0.25, 0.3) is 10.0 Å². The quantitative estimate of drug-likeness (QED) is 0.312. The second-order valence-electron chi connectivity index (χ2n) is 9.69. The molecule has 4 rings (SSSR count). The maximum absolute atomic E-state index is 13.3. The van der Waals surface area contributed by atoms with Crippen LogP contribution in [0.1, 0.15) is 51.6 Å². The first-order valence-corrected chi connectivity index (χ1v) is 13.8. The molecular formula is C26H33ClN4O3S. The van der Waals surface area contributed by atoms with Crippen LogP contribution in [0.25, 0.3) is 11.3 Å². The zero-order chi connectivity index (χ0) is 25.2. The van der Waals surface area contributed by atoms with Crippen LogP contribution in [-0.4, -0.2) is 31.0 Å². The molecule has 0 aliphatic heterocycles. The first-order chi connectivity index (χ1) is 16.6. The number of ether oxygens (including phenoxy) is 1. The van der Waals surface area contributed by atoms with Crippen molar-refractivity contribution in [3.63, 3.8) is 0 Å². The number of sulfonamides is 1. The molecule has 0 bridgehead atoms. The molecule has 7 nitrogen and oxygen atoms in total. The zero-order valence-electron chi connectivity index (χ0n) is 20.6. The van der Waals surface area contributed by atoms with Crippen molar-refractivity contribution in [1.82, 2.24) is 9.97 Å². The number of aromatic amines is 1. The molecule has 1 saturated carbocycles. The number of hydrogen-bond donors (Lipinski definition) is 3. The molecule has 3 aromatic rings. The van der Waals surface area contributed by atoms with E-state index in [0.29, 0.717) is 33.8 Å². The molecule has 0 spiro atoms. The number of H-pyrrole nitrogens is 1. The number of anilines is 2. The van der Waals surface area contributed by atoms with Crippen molar-refractivity contribution < 1.29 is 13.2 Å². The van der Waals surface area contributed by atoms with E-state index in [1.807, 2.05) is 13.0 Å². The fourth-order valence-electron chi connectivity index (χ4n) is 4.81. The third kappa shape index (κ3) is 5.59. The summed E-state index contributed by atoms with van der Waals surface area (Å²) in [5.41, 5.74) is 2.40. The van der Waals surface area contributed by atoms with E-state index in [-0.39, 0.29) is 16.2 Å². The van der Waals surface area contributed by atoms with Crippen LogP contribution in [0, 0.1) is 12.8 Å². The van der Waals surface area contributed by atoms with E-state index in [0.717, 1.165) is 5.69 Å². The lowest BCUT2D eigenvalue weighted by Crippen LogP contribution is -2.41. The standard InChI is InChI=1S/C26H33ClN4O3S/c1-17-24(29-25(28-17)30-26(2,3)19-10-6-5-7-11-19)18-14-15-22(34-4)23(16-18)35(32,33)31-21-13-9-8-12-20(21)27/h8-9,12-16,19,31H,5-7,10-11H2,1-4H3,(H2,28,29,30). The Hall–Kier alpha value is -2.71. The highest BCUT2D eigenvalue weighted by Crippen LogP contribution is 2.36. The number of aryl methyl sites for hydroxylation is 1. The third-order valence-corrected chi connectivity index (χ3v) is 8.51. The van der Waals surface area contributed by atoms with Crippen LogP contribution in [0.3, 0.4) is 0 Å². The molecule has 1 fully saturated rings. The van der Waals surface area contributed by atoms with Gasteiger partial charge < -0.3 is 15.0 Å². The number of halogens is 1. The summed E-state index contributed by atoms with van der Waals surface area (Å²) in [6.45, 7) is 6.37. The van der Waals surface area contributed by atoms with Crippen LogP contribution < -0.4 is 14.8 Å². The number of nitrogens with one attached hydrogen (secondary N) is 3. The summed E-state index contributed by atoms with van der Waals surface area (Å²) in [6, 6.07) is 11.7. The summed E-state index contributed by atoms with van der Waals surface area (Å²) >= 11 is 6.17. The molecule has 2 aromatic carbocycles. The Morgan fingerprint density at radius 2 is 1.83 bits per heavy atom. The Balaban J connectivity index is 1.64. The fraction of sp³-hybridized carbons (Fsp3) is 0.423. The monoisotopic (exact) mass is 516 g/mol. The molecule has 1 aliphatic carbocycles. The molecule has 3 N–H and O–H groups in total. The lowest BCUT2D eigenvalue weighted by Gasteiger charge is -2.37. The number of para-hydroxylation sites is 1. The summed E-state index contributed by atoms with van der Waals surface area (Å²) in [7, 11) is -2.53. The van der Waals surface area contributed by atoms with Crippen LogP contribution in [-0.2, 0) is 10.0 Å². The molecule has 1 aromatic heterocycles. The number of imidazole rings is 1. The molecule has 9 heteroatoms. The molecule has 0 atom stereocenters. The topological polar surface area (TPSA) is 96.1 Å². The average molecular weight is 517 g/mol. The molecule has 0 saturated heterocycles. The van der Waals surface area contributed by atoms with Crippen LogP contribution in [0.2, 0.25) is 5.02 Å². The van der Waals surface area contributed by atoms with Crippen molar-refractivity contribution in [2.24, 2.45) is 5.92 Å². The molecule has 1 aliphatic rings. The fourth-order valence-corrected chi connectivity index (χ4v) is 6.32. The van der Waals surface area contributed by atoms with Gasteiger partial charge in [-0.05, 0) is 69.9 Å². The highest BCUT2D eigenvalue weighted by atomic mass is 35.5. The molecule has 0 radical (unpaired) electrons.